The second-order valence-electron chi connectivity index (χ2n) is 3.93. The summed E-state index contributed by atoms with van der Waals surface area (Å²) >= 11 is 3.45. The zero-order valence-electron chi connectivity index (χ0n) is 10.2. The molecule has 2 aromatic rings. The molecule has 0 fully saturated rings. The first-order valence-electron chi connectivity index (χ1n) is 5.74. The molecular formula is C14H15BrN2O. The van der Waals surface area contributed by atoms with Crippen molar-refractivity contribution in [2.24, 2.45) is 0 Å². The predicted octanol–water partition coefficient (Wildman–Crippen LogP) is 3.14. The summed E-state index contributed by atoms with van der Waals surface area (Å²) in [5, 5.41) is 3.10. The molecule has 3 nitrogen and oxygen atoms in total. The Hall–Kier alpha value is -1.39. The lowest BCUT2D eigenvalue weighted by atomic mass is 10.2. The van der Waals surface area contributed by atoms with E-state index < -0.39 is 0 Å². The van der Waals surface area contributed by atoms with Gasteiger partial charge in [0.2, 0.25) is 0 Å². The number of halogens is 1. The van der Waals surface area contributed by atoms with Gasteiger partial charge in [0.15, 0.2) is 0 Å². The van der Waals surface area contributed by atoms with Crippen molar-refractivity contribution < 1.29 is 4.74 Å². The van der Waals surface area contributed by atoms with E-state index in [0.29, 0.717) is 6.61 Å². The number of benzene rings is 1. The molecule has 94 valence electrons. The van der Waals surface area contributed by atoms with E-state index in [1.807, 2.05) is 37.5 Å². The summed E-state index contributed by atoms with van der Waals surface area (Å²) in [5.41, 5.74) is 2.20. The Morgan fingerprint density at radius 1 is 1.33 bits per heavy atom. The van der Waals surface area contributed by atoms with Crippen molar-refractivity contribution in [1.82, 2.24) is 10.3 Å². The number of pyridine rings is 1. The molecule has 0 spiro atoms. The van der Waals surface area contributed by atoms with Gasteiger partial charge in [0.25, 0.3) is 0 Å². The first kappa shape index (κ1) is 13.1. The van der Waals surface area contributed by atoms with Gasteiger partial charge >= 0.3 is 0 Å². The van der Waals surface area contributed by atoms with Crippen LogP contribution >= 0.6 is 15.9 Å². The SMILES string of the molecule is CNCc1cnccc1OCc1cccc(Br)c1. The summed E-state index contributed by atoms with van der Waals surface area (Å²) in [5.74, 6) is 0.874. The summed E-state index contributed by atoms with van der Waals surface area (Å²) in [6, 6.07) is 10.00. The molecule has 0 amide bonds. The number of hydrogen-bond donors (Lipinski definition) is 1. The predicted molar refractivity (Wildman–Crippen MR) is 75.5 cm³/mol. The first-order chi connectivity index (χ1) is 8.79. The minimum absolute atomic E-state index is 0.556. The minimum Gasteiger partial charge on any atom is -0.488 e. The number of hydrogen-bond acceptors (Lipinski definition) is 3. The maximum atomic E-state index is 5.83. The number of aromatic nitrogens is 1. The highest BCUT2D eigenvalue weighted by molar-refractivity contribution is 9.10. The number of ether oxygens (including phenoxy) is 1. The fourth-order valence-corrected chi connectivity index (χ4v) is 2.11. The summed E-state index contributed by atoms with van der Waals surface area (Å²) < 4.78 is 6.89. The first-order valence-corrected chi connectivity index (χ1v) is 6.53. The lowest BCUT2D eigenvalue weighted by molar-refractivity contribution is 0.302. The largest absolute Gasteiger partial charge is 0.488 e. The number of nitrogens with zero attached hydrogens (tertiary/aromatic N) is 1. The second kappa shape index (κ2) is 6.52. The van der Waals surface area contributed by atoms with Gasteiger partial charge < -0.3 is 10.1 Å². The zero-order chi connectivity index (χ0) is 12.8. The molecule has 2 rings (SSSR count). The van der Waals surface area contributed by atoms with Crippen LogP contribution < -0.4 is 10.1 Å². The zero-order valence-corrected chi connectivity index (χ0v) is 11.8. The van der Waals surface area contributed by atoms with E-state index in [1.165, 1.54) is 0 Å². The van der Waals surface area contributed by atoms with Gasteiger partial charge in [-0.1, -0.05) is 28.1 Å². The Morgan fingerprint density at radius 3 is 3.00 bits per heavy atom. The molecule has 1 aromatic heterocycles. The van der Waals surface area contributed by atoms with Crippen molar-refractivity contribution in [3.05, 3.63) is 58.3 Å². The van der Waals surface area contributed by atoms with E-state index in [4.69, 9.17) is 4.74 Å². The van der Waals surface area contributed by atoms with Crippen molar-refractivity contribution in [2.45, 2.75) is 13.2 Å². The fraction of sp³-hybridized carbons (Fsp3) is 0.214. The molecular weight excluding hydrogens is 292 g/mol. The van der Waals surface area contributed by atoms with Gasteiger partial charge in [0, 0.05) is 29.0 Å². The summed E-state index contributed by atoms with van der Waals surface area (Å²) in [6.45, 7) is 1.31. The van der Waals surface area contributed by atoms with E-state index in [0.717, 1.165) is 27.9 Å². The molecule has 1 aromatic carbocycles. The van der Waals surface area contributed by atoms with E-state index >= 15 is 0 Å². The molecule has 1 N–H and O–H groups in total. The van der Waals surface area contributed by atoms with Gasteiger partial charge in [-0.15, -0.1) is 0 Å². The maximum absolute atomic E-state index is 5.83. The van der Waals surface area contributed by atoms with Gasteiger partial charge in [-0.3, -0.25) is 4.98 Å². The minimum atomic E-state index is 0.556. The Bertz CT molecular complexity index is 517. The Balaban J connectivity index is 2.06. The van der Waals surface area contributed by atoms with Crippen molar-refractivity contribution in [3.8, 4) is 5.75 Å². The molecule has 0 unspecified atom stereocenters. The highest BCUT2D eigenvalue weighted by Gasteiger charge is 2.03. The fourth-order valence-electron chi connectivity index (χ4n) is 1.67. The molecule has 0 aliphatic carbocycles. The van der Waals surface area contributed by atoms with Crippen LogP contribution in [0.4, 0.5) is 0 Å². The van der Waals surface area contributed by atoms with Crippen molar-refractivity contribution in [2.75, 3.05) is 7.05 Å². The summed E-state index contributed by atoms with van der Waals surface area (Å²) in [7, 11) is 1.91. The number of rotatable bonds is 5. The Morgan fingerprint density at radius 2 is 2.22 bits per heavy atom. The van der Waals surface area contributed by atoms with Crippen LogP contribution in [0.3, 0.4) is 0 Å². The van der Waals surface area contributed by atoms with Crippen molar-refractivity contribution in [1.29, 1.82) is 0 Å². The van der Waals surface area contributed by atoms with Gasteiger partial charge in [0.1, 0.15) is 12.4 Å². The third kappa shape index (κ3) is 3.55. The molecule has 0 saturated carbocycles. The normalized spacial score (nSPS) is 10.3. The smallest absolute Gasteiger partial charge is 0.127 e. The molecule has 4 heteroatoms. The second-order valence-corrected chi connectivity index (χ2v) is 4.85. The van der Waals surface area contributed by atoms with Crippen molar-refractivity contribution in [3.63, 3.8) is 0 Å². The van der Waals surface area contributed by atoms with Crippen LogP contribution in [0.1, 0.15) is 11.1 Å². The maximum Gasteiger partial charge on any atom is 0.127 e. The quantitative estimate of drug-likeness (QED) is 0.921. The van der Waals surface area contributed by atoms with Gasteiger partial charge in [-0.2, -0.15) is 0 Å². The monoisotopic (exact) mass is 306 g/mol. The summed E-state index contributed by atoms with van der Waals surface area (Å²) in [6.07, 6.45) is 3.57. The molecule has 0 aliphatic heterocycles. The van der Waals surface area contributed by atoms with E-state index in [9.17, 15) is 0 Å². The third-order valence-electron chi connectivity index (χ3n) is 2.51. The average molecular weight is 307 g/mol. The molecule has 18 heavy (non-hydrogen) atoms. The van der Waals surface area contributed by atoms with Crippen LogP contribution in [0.25, 0.3) is 0 Å². The summed E-state index contributed by atoms with van der Waals surface area (Å²) in [4.78, 5) is 4.11. The number of nitrogens with one attached hydrogen (secondary N) is 1. The molecule has 0 atom stereocenters. The van der Waals surface area contributed by atoms with Crippen LogP contribution in [0.5, 0.6) is 5.75 Å². The highest BCUT2D eigenvalue weighted by atomic mass is 79.9. The molecule has 0 saturated heterocycles. The van der Waals surface area contributed by atoms with Gasteiger partial charge in [-0.25, -0.2) is 0 Å². The van der Waals surface area contributed by atoms with Crippen LogP contribution in [-0.2, 0) is 13.2 Å². The molecule has 1 heterocycles. The van der Waals surface area contributed by atoms with E-state index in [-0.39, 0.29) is 0 Å². The van der Waals surface area contributed by atoms with E-state index in [2.05, 4.69) is 32.3 Å². The van der Waals surface area contributed by atoms with Crippen molar-refractivity contribution >= 4 is 15.9 Å². The molecule has 0 radical (unpaired) electrons. The standard InChI is InChI=1S/C14H15BrN2O/c1-16-8-12-9-17-6-5-14(12)18-10-11-3-2-4-13(15)7-11/h2-7,9,16H,8,10H2,1H3. The molecule has 0 bridgehead atoms. The lowest BCUT2D eigenvalue weighted by Crippen LogP contribution is -2.08. The highest BCUT2D eigenvalue weighted by Crippen LogP contribution is 2.19. The Kier molecular flexibility index (Phi) is 4.73. The van der Waals surface area contributed by atoms with Crippen LogP contribution in [0, 0.1) is 0 Å². The van der Waals surface area contributed by atoms with Crippen LogP contribution in [0.15, 0.2) is 47.2 Å². The van der Waals surface area contributed by atoms with Crippen LogP contribution in [0.2, 0.25) is 0 Å². The third-order valence-corrected chi connectivity index (χ3v) is 3.00. The average Bonchev–Trinajstić information content (AvgIpc) is 2.38. The van der Waals surface area contributed by atoms with Gasteiger partial charge in [-0.05, 0) is 30.8 Å². The van der Waals surface area contributed by atoms with Gasteiger partial charge in [0.05, 0.1) is 0 Å². The van der Waals surface area contributed by atoms with Crippen LogP contribution in [-0.4, -0.2) is 12.0 Å². The van der Waals surface area contributed by atoms with E-state index in [1.54, 1.807) is 6.20 Å². The molecule has 0 aliphatic rings. The Labute approximate surface area is 115 Å². The topological polar surface area (TPSA) is 34.2 Å². The lowest BCUT2D eigenvalue weighted by Gasteiger charge is -2.10.